The first-order chi connectivity index (χ1) is 11.5. The average Bonchev–Trinajstić information content (AvgIpc) is 2.57. The number of carboxylic acid groups (broad SMARTS) is 1. The molecule has 3 rings (SSSR count). The number of benzene rings is 2. The van der Waals surface area contributed by atoms with Gasteiger partial charge in [0.05, 0.1) is 16.9 Å². The van der Waals surface area contributed by atoms with E-state index in [-0.39, 0.29) is 11.3 Å². The van der Waals surface area contributed by atoms with Gasteiger partial charge in [0.25, 0.3) is 0 Å². The Hall–Kier alpha value is -3.41. The molecule has 0 bridgehead atoms. The van der Waals surface area contributed by atoms with E-state index in [1.165, 1.54) is 18.2 Å². The number of phenols is 1. The lowest BCUT2D eigenvalue weighted by atomic mass is 10.1. The molecule has 0 amide bonds. The molecule has 0 saturated heterocycles. The van der Waals surface area contributed by atoms with Crippen LogP contribution in [0.1, 0.15) is 16.2 Å². The molecule has 0 saturated carbocycles. The number of phenolic OH excluding ortho intramolecular Hbond substituents is 1. The van der Waals surface area contributed by atoms with Gasteiger partial charge in [-0.05, 0) is 25.1 Å². The number of rotatable bonds is 4. The predicted octanol–water partition coefficient (Wildman–Crippen LogP) is 3.60. The molecule has 24 heavy (non-hydrogen) atoms. The summed E-state index contributed by atoms with van der Waals surface area (Å²) in [5, 5.41) is 21.9. The predicted molar refractivity (Wildman–Crippen MR) is 90.6 cm³/mol. The molecule has 0 atom stereocenters. The van der Waals surface area contributed by atoms with E-state index >= 15 is 0 Å². The largest absolute Gasteiger partial charge is 0.506 e. The van der Waals surface area contributed by atoms with Crippen molar-refractivity contribution >= 4 is 17.5 Å². The van der Waals surface area contributed by atoms with E-state index in [1.54, 1.807) is 13.0 Å². The van der Waals surface area contributed by atoms with Crippen LogP contribution in [0.3, 0.4) is 0 Å². The number of carbonyl (C=O) groups is 1. The zero-order valence-electron chi connectivity index (χ0n) is 12.9. The maximum atomic E-state index is 10.9. The highest BCUT2D eigenvalue weighted by atomic mass is 16.4. The minimum Gasteiger partial charge on any atom is -0.506 e. The normalized spacial score (nSPS) is 10.4. The van der Waals surface area contributed by atoms with Gasteiger partial charge in [-0.1, -0.05) is 30.3 Å². The Morgan fingerprint density at radius 2 is 1.79 bits per heavy atom. The van der Waals surface area contributed by atoms with Crippen LogP contribution in [0.15, 0.2) is 54.6 Å². The van der Waals surface area contributed by atoms with Crippen LogP contribution in [0.2, 0.25) is 0 Å². The first kappa shape index (κ1) is 15.5. The third-order valence-corrected chi connectivity index (χ3v) is 3.41. The first-order valence-corrected chi connectivity index (χ1v) is 7.27. The van der Waals surface area contributed by atoms with Crippen molar-refractivity contribution in [3.05, 3.63) is 66.0 Å². The second-order valence-corrected chi connectivity index (χ2v) is 5.21. The summed E-state index contributed by atoms with van der Waals surface area (Å²) in [4.78, 5) is 19.6. The molecule has 3 aromatic rings. The van der Waals surface area contributed by atoms with Gasteiger partial charge in [-0.25, -0.2) is 14.8 Å². The van der Waals surface area contributed by atoms with Crippen LogP contribution in [0.4, 0.5) is 11.5 Å². The number of anilines is 2. The fourth-order valence-corrected chi connectivity index (χ4v) is 2.30. The van der Waals surface area contributed by atoms with Crippen molar-refractivity contribution in [2.45, 2.75) is 6.92 Å². The number of aryl methyl sites for hydroxylation is 1. The van der Waals surface area contributed by atoms with E-state index in [0.717, 1.165) is 11.3 Å². The molecule has 0 radical (unpaired) electrons. The fraction of sp³-hybridized carbons (Fsp3) is 0.0556. The van der Waals surface area contributed by atoms with Gasteiger partial charge in [-0.15, -0.1) is 0 Å². The summed E-state index contributed by atoms with van der Waals surface area (Å²) in [6, 6.07) is 15.6. The zero-order valence-corrected chi connectivity index (χ0v) is 12.9. The van der Waals surface area contributed by atoms with Gasteiger partial charge in [0.15, 0.2) is 0 Å². The Bertz CT molecular complexity index is 895. The zero-order chi connectivity index (χ0) is 17.1. The molecule has 6 nitrogen and oxygen atoms in total. The van der Waals surface area contributed by atoms with Gasteiger partial charge in [-0.2, -0.15) is 0 Å². The SMILES string of the molecule is Cc1nc(Nc2ccc(C(=O)O)cc2O)cc(-c2ccccc2)n1. The van der Waals surface area contributed by atoms with Gasteiger partial charge in [-0.3, -0.25) is 0 Å². The van der Waals surface area contributed by atoms with Gasteiger partial charge >= 0.3 is 5.97 Å². The Labute approximate surface area is 138 Å². The van der Waals surface area contributed by atoms with Crippen LogP contribution in [0, 0.1) is 6.92 Å². The van der Waals surface area contributed by atoms with Crippen molar-refractivity contribution in [1.82, 2.24) is 9.97 Å². The minimum atomic E-state index is -1.10. The van der Waals surface area contributed by atoms with Gasteiger partial charge in [0, 0.05) is 11.6 Å². The first-order valence-electron chi connectivity index (χ1n) is 7.27. The second-order valence-electron chi connectivity index (χ2n) is 5.21. The Balaban J connectivity index is 1.93. The summed E-state index contributed by atoms with van der Waals surface area (Å²) < 4.78 is 0. The highest BCUT2D eigenvalue weighted by molar-refractivity contribution is 5.89. The number of aromatic hydroxyl groups is 1. The van der Waals surface area contributed by atoms with Gasteiger partial charge < -0.3 is 15.5 Å². The molecular formula is C18H15N3O3. The molecule has 1 heterocycles. The van der Waals surface area contributed by atoms with E-state index in [1.807, 2.05) is 30.3 Å². The van der Waals surface area contributed by atoms with Gasteiger partial charge in [0.2, 0.25) is 0 Å². The molecule has 120 valence electrons. The van der Waals surface area contributed by atoms with Crippen molar-refractivity contribution in [2.24, 2.45) is 0 Å². The molecule has 0 unspecified atom stereocenters. The Morgan fingerprint density at radius 3 is 2.46 bits per heavy atom. The van der Waals surface area contributed by atoms with Crippen molar-refractivity contribution in [1.29, 1.82) is 0 Å². The molecule has 0 fully saturated rings. The quantitative estimate of drug-likeness (QED) is 0.636. The van der Waals surface area contributed by atoms with Crippen molar-refractivity contribution in [3.8, 4) is 17.0 Å². The van der Waals surface area contributed by atoms with E-state index in [2.05, 4.69) is 15.3 Å². The summed E-state index contributed by atoms with van der Waals surface area (Å²) in [7, 11) is 0. The number of nitrogens with zero attached hydrogens (tertiary/aromatic N) is 2. The van der Waals surface area contributed by atoms with E-state index < -0.39 is 5.97 Å². The maximum Gasteiger partial charge on any atom is 0.335 e. The summed E-state index contributed by atoms with van der Waals surface area (Å²) in [5.41, 5.74) is 2.10. The molecular weight excluding hydrogens is 306 g/mol. The summed E-state index contributed by atoms with van der Waals surface area (Å²) in [6.07, 6.45) is 0. The van der Waals surface area contributed by atoms with Crippen LogP contribution in [-0.2, 0) is 0 Å². The average molecular weight is 321 g/mol. The van der Waals surface area contributed by atoms with E-state index in [4.69, 9.17) is 5.11 Å². The highest BCUT2D eigenvalue weighted by Crippen LogP contribution is 2.28. The van der Waals surface area contributed by atoms with Crippen LogP contribution in [-0.4, -0.2) is 26.2 Å². The molecule has 0 aliphatic heterocycles. The molecule has 6 heteroatoms. The fourth-order valence-electron chi connectivity index (χ4n) is 2.30. The summed E-state index contributed by atoms with van der Waals surface area (Å²) in [6.45, 7) is 1.78. The maximum absolute atomic E-state index is 10.9. The molecule has 3 N–H and O–H groups in total. The van der Waals surface area contributed by atoms with Crippen molar-refractivity contribution in [2.75, 3.05) is 5.32 Å². The third kappa shape index (κ3) is 3.33. The monoisotopic (exact) mass is 321 g/mol. The standard InChI is InChI=1S/C18H15N3O3/c1-11-19-15(12-5-3-2-4-6-12)10-17(20-11)21-14-8-7-13(18(23)24)9-16(14)22/h2-10,22H,1H3,(H,23,24)(H,19,20,21). The lowest BCUT2D eigenvalue weighted by Gasteiger charge is -2.10. The molecule has 0 aliphatic rings. The molecule has 0 spiro atoms. The second kappa shape index (κ2) is 6.37. The molecule has 1 aromatic heterocycles. The van der Waals surface area contributed by atoms with Crippen LogP contribution >= 0.6 is 0 Å². The smallest absolute Gasteiger partial charge is 0.335 e. The number of aromatic nitrogens is 2. The summed E-state index contributed by atoms with van der Waals surface area (Å²) in [5.74, 6) is -0.159. The lowest BCUT2D eigenvalue weighted by Crippen LogP contribution is -2.00. The Kier molecular flexibility index (Phi) is 4.11. The number of hydrogen-bond acceptors (Lipinski definition) is 5. The minimum absolute atomic E-state index is 0.0156. The number of aromatic carboxylic acids is 1. The van der Waals surface area contributed by atoms with E-state index in [0.29, 0.717) is 17.3 Å². The Morgan fingerprint density at radius 1 is 1.04 bits per heavy atom. The van der Waals surface area contributed by atoms with Crippen molar-refractivity contribution < 1.29 is 15.0 Å². The van der Waals surface area contributed by atoms with Gasteiger partial charge in [0.1, 0.15) is 17.4 Å². The number of hydrogen-bond donors (Lipinski definition) is 3. The highest BCUT2D eigenvalue weighted by Gasteiger charge is 2.10. The van der Waals surface area contributed by atoms with E-state index in [9.17, 15) is 9.90 Å². The third-order valence-electron chi connectivity index (χ3n) is 3.41. The topological polar surface area (TPSA) is 95.3 Å². The summed E-state index contributed by atoms with van der Waals surface area (Å²) >= 11 is 0. The number of nitrogens with one attached hydrogen (secondary N) is 1. The lowest BCUT2D eigenvalue weighted by molar-refractivity contribution is 0.0696. The number of carboxylic acids is 1. The molecule has 2 aromatic carbocycles. The van der Waals surface area contributed by atoms with Crippen molar-refractivity contribution in [3.63, 3.8) is 0 Å². The van der Waals surface area contributed by atoms with Crippen LogP contribution < -0.4 is 5.32 Å². The van der Waals surface area contributed by atoms with Crippen LogP contribution in [0.25, 0.3) is 11.3 Å². The van der Waals surface area contributed by atoms with Crippen LogP contribution in [0.5, 0.6) is 5.75 Å². The molecule has 0 aliphatic carbocycles.